The number of nitrogens with one attached hydrogen (secondary N) is 2. The van der Waals surface area contributed by atoms with Crippen molar-refractivity contribution in [1.82, 2.24) is 20.7 Å². The second kappa shape index (κ2) is 5.58. The second-order valence-corrected chi connectivity index (χ2v) is 3.75. The summed E-state index contributed by atoms with van der Waals surface area (Å²) < 4.78 is 0. The molecule has 0 unspecified atom stereocenters. The molecule has 1 aliphatic heterocycles. The largest absolute Gasteiger partial charge is 0.315 e. The maximum absolute atomic E-state index is 11.8. The molecule has 16 heavy (non-hydrogen) atoms. The SMILES string of the molecule is O=C(NN1CCCNCC1)c1ccccn1. The van der Waals surface area contributed by atoms with Gasteiger partial charge >= 0.3 is 0 Å². The monoisotopic (exact) mass is 220 g/mol. The zero-order valence-corrected chi connectivity index (χ0v) is 9.15. The van der Waals surface area contributed by atoms with Gasteiger partial charge in [0.25, 0.3) is 5.91 Å². The minimum atomic E-state index is -0.137. The van der Waals surface area contributed by atoms with Gasteiger partial charge in [-0.05, 0) is 25.1 Å². The van der Waals surface area contributed by atoms with Crippen LogP contribution in [0.15, 0.2) is 24.4 Å². The number of aromatic nitrogens is 1. The zero-order chi connectivity index (χ0) is 11.2. The smallest absolute Gasteiger partial charge is 0.284 e. The van der Waals surface area contributed by atoms with Crippen molar-refractivity contribution in [3.63, 3.8) is 0 Å². The molecule has 1 aromatic heterocycles. The molecule has 5 heteroatoms. The van der Waals surface area contributed by atoms with Crippen molar-refractivity contribution < 1.29 is 4.79 Å². The first-order valence-electron chi connectivity index (χ1n) is 5.54. The second-order valence-electron chi connectivity index (χ2n) is 3.75. The summed E-state index contributed by atoms with van der Waals surface area (Å²) >= 11 is 0. The minimum absolute atomic E-state index is 0.137. The molecule has 1 aliphatic rings. The van der Waals surface area contributed by atoms with Crippen LogP contribution in [0.4, 0.5) is 0 Å². The molecule has 0 aliphatic carbocycles. The number of amides is 1. The Hall–Kier alpha value is -1.46. The summed E-state index contributed by atoms with van der Waals surface area (Å²) in [6.07, 6.45) is 2.67. The third kappa shape index (κ3) is 3.01. The number of carbonyl (C=O) groups excluding carboxylic acids is 1. The Balaban J connectivity index is 1.91. The predicted molar refractivity (Wildman–Crippen MR) is 60.8 cm³/mol. The van der Waals surface area contributed by atoms with Gasteiger partial charge in [0.15, 0.2) is 0 Å². The third-order valence-electron chi connectivity index (χ3n) is 2.50. The lowest BCUT2D eigenvalue weighted by molar-refractivity contribution is 0.0794. The lowest BCUT2D eigenvalue weighted by atomic mass is 10.3. The van der Waals surface area contributed by atoms with Crippen LogP contribution in [0.5, 0.6) is 0 Å². The number of carbonyl (C=O) groups is 1. The molecule has 0 atom stereocenters. The molecule has 2 N–H and O–H groups in total. The molecule has 1 fully saturated rings. The Morgan fingerprint density at radius 2 is 2.31 bits per heavy atom. The summed E-state index contributed by atoms with van der Waals surface area (Å²) in [4.78, 5) is 15.8. The number of pyridine rings is 1. The maximum atomic E-state index is 11.8. The van der Waals surface area contributed by atoms with E-state index in [4.69, 9.17) is 0 Å². The number of rotatable bonds is 2. The Kier molecular flexibility index (Phi) is 3.85. The van der Waals surface area contributed by atoms with Crippen molar-refractivity contribution in [2.45, 2.75) is 6.42 Å². The van der Waals surface area contributed by atoms with Crippen LogP contribution >= 0.6 is 0 Å². The van der Waals surface area contributed by atoms with Crippen LogP contribution in [-0.4, -0.2) is 42.1 Å². The van der Waals surface area contributed by atoms with Crippen molar-refractivity contribution in [1.29, 1.82) is 0 Å². The topological polar surface area (TPSA) is 57.3 Å². The summed E-state index contributed by atoms with van der Waals surface area (Å²) in [5.74, 6) is -0.137. The van der Waals surface area contributed by atoms with E-state index >= 15 is 0 Å². The van der Waals surface area contributed by atoms with E-state index in [1.807, 2.05) is 11.1 Å². The highest BCUT2D eigenvalue weighted by atomic mass is 16.2. The number of hydrazine groups is 1. The van der Waals surface area contributed by atoms with E-state index in [1.165, 1.54) is 0 Å². The van der Waals surface area contributed by atoms with Crippen molar-refractivity contribution in [3.05, 3.63) is 30.1 Å². The lowest BCUT2D eigenvalue weighted by Crippen LogP contribution is -2.44. The summed E-state index contributed by atoms with van der Waals surface area (Å²) in [5, 5.41) is 5.22. The van der Waals surface area contributed by atoms with E-state index in [2.05, 4.69) is 15.7 Å². The van der Waals surface area contributed by atoms with Gasteiger partial charge in [0, 0.05) is 25.8 Å². The molecular weight excluding hydrogens is 204 g/mol. The van der Waals surface area contributed by atoms with E-state index in [0.717, 1.165) is 32.6 Å². The summed E-state index contributed by atoms with van der Waals surface area (Å²) in [6.45, 7) is 3.63. The summed E-state index contributed by atoms with van der Waals surface area (Å²) in [5.41, 5.74) is 3.33. The molecule has 0 bridgehead atoms. The van der Waals surface area contributed by atoms with Crippen LogP contribution in [0.3, 0.4) is 0 Å². The Bertz CT molecular complexity index is 333. The van der Waals surface area contributed by atoms with E-state index < -0.39 is 0 Å². The van der Waals surface area contributed by atoms with Gasteiger partial charge < -0.3 is 5.32 Å². The molecule has 0 aromatic carbocycles. The number of hydrogen-bond acceptors (Lipinski definition) is 4. The van der Waals surface area contributed by atoms with Crippen molar-refractivity contribution in [3.8, 4) is 0 Å². The molecule has 86 valence electrons. The fraction of sp³-hybridized carbons (Fsp3) is 0.455. The normalized spacial score (nSPS) is 17.8. The van der Waals surface area contributed by atoms with Gasteiger partial charge in [-0.2, -0.15) is 0 Å². The molecule has 2 rings (SSSR count). The Morgan fingerprint density at radius 3 is 3.12 bits per heavy atom. The fourth-order valence-corrected chi connectivity index (χ4v) is 1.66. The van der Waals surface area contributed by atoms with Crippen LogP contribution in [0, 0.1) is 0 Å². The van der Waals surface area contributed by atoms with Crippen LogP contribution < -0.4 is 10.7 Å². The van der Waals surface area contributed by atoms with Crippen LogP contribution in [0.25, 0.3) is 0 Å². The van der Waals surface area contributed by atoms with Gasteiger partial charge in [0.05, 0.1) is 0 Å². The molecule has 0 saturated carbocycles. The van der Waals surface area contributed by atoms with Crippen LogP contribution in [0.1, 0.15) is 16.9 Å². The van der Waals surface area contributed by atoms with E-state index in [0.29, 0.717) is 5.69 Å². The van der Waals surface area contributed by atoms with Crippen molar-refractivity contribution in [2.24, 2.45) is 0 Å². The van der Waals surface area contributed by atoms with Gasteiger partial charge in [-0.3, -0.25) is 15.2 Å². The summed E-state index contributed by atoms with van der Waals surface area (Å²) in [7, 11) is 0. The summed E-state index contributed by atoms with van der Waals surface area (Å²) in [6, 6.07) is 5.32. The first kappa shape index (κ1) is 11.0. The van der Waals surface area contributed by atoms with Crippen molar-refractivity contribution in [2.75, 3.05) is 26.2 Å². The molecule has 5 nitrogen and oxygen atoms in total. The van der Waals surface area contributed by atoms with Gasteiger partial charge in [0.2, 0.25) is 0 Å². The Labute approximate surface area is 94.8 Å². The van der Waals surface area contributed by atoms with Crippen molar-refractivity contribution >= 4 is 5.91 Å². The number of hydrogen-bond donors (Lipinski definition) is 2. The van der Waals surface area contributed by atoms with Crippen LogP contribution in [0.2, 0.25) is 0 Å². The molecule has 2 heterocycles. The van der Waals surface area contributed by atoms with Crippen LogP contribution in [-0.2, 0) is 0 Å². The first-order chi connectivity index (χ1) is 7.86. The molecule has 1 saturated heterocycles. The molecule has 0 spiro atoms. The average molecular weight is 220 g/mol. The fourth-order valence-electron chi connectivity index (χ4n) is 1.66. The lowest BCUT2D eigenvalue weighted by Gasteiger charge is -2.20. The zero-order valence-electron chi connectivity index (χ0n) is 9.15. The van der Waals surface area contributed by atoms with E-state index in [1.54, 1.807) is 18.3 Å². The molecule has 0 radical (unpaired) electrons. The van der Waals surface area contributed by atoms with Gasteiger partial charge in [0.1, 0.15) is 5.69 Å². The van der Waals surface area contributed by atoms with Gasteiger partial charge in [-0.25, -0.2) is 5.01 Å². The molecule has 1 amide bonds. The first-order valence-corrected chi connectivity index (χ1v) is 5.54. The minimum Gasteiger partial charge on any atom is -0.315 e. The Morgan fingerprint density at radius 1 is 1.38 bits per heavy atom. The molecule has 1 aromatic rings. The quantitative estimate of drug-likeness (QED) is 0.738. The van der Waals surface area contributed by atoms with Gasteiger partial charge in [-0.1, -0.05) is 6.07 Å². The third-order valence-corrected chi connectivity index (χ3v) is 2.50. The average Bonchev–Trinajstić information content (AvgIpc) is 2.59. The highest BCUT2D eigenvalue weighted by molar-refractivity contribution is 5.91. The predicted octanol–water partition coefficient (Wildman–Crippen LogP) is 0.0217. The standard InChI is InChI=1S/C11H16N4O/c16-11(10-4-1-2-6-13-10)14-15-8-3-5-12-7-9-15/h1-2,4,6,12H,3,5,7-9H2,(H,14,16). The van der Waals surface area contributed by atoms with E-state index in [9.17, 15) is 4.79 Å². The highest BCUT2D eigenvalue weighted by Crippen LogP contribution is 1.96. The van der Waals surface area contributed by atoms with E-state index in [-0.39, 0.29) is 5.91 Å². The number of nitrogens with zero attached hydrogens (tertiary/aromatic N) is 2. The maximum Gasteiger partial charge on any atom is 0.284 e. The molecular formula is C11H16N4O. The highest BCUT2D eigenvalue weighted by Gasteiger charge is 2.13. The van der Waals surface area contributed by atoms with Gasteiger partial charge in [-0.15, -0.1) is 0 Å².